The summed E-state index contributed by atoms with van der Waals surface area (Å²) in [5, 5.41) is 11.6. The lowest BCUT2D eigenvalue weighted by atomic mass is 10.1. The van der Waals surface area contributed by atoms with Crippen molar-refractivity contribution < 1.29 is 52.8 Å². The Morgan fingerprint density at radius 3 is 1.91 bits per heavy atom. The first-order valence-electron chi connectivity index (χ1n) is 9.20. The Hall–Kier alpha value is -3.96. The number of anilines is 1. The molecule has 12 heteroatoms. The number of ether oxygens (including phenoxy) is 4. The van der Waals surface area contributed by atoms with Gasteiger partial charge in [0.2, 0.25) is 6.10 Å². The third kappa shape index (κ3) is 8.42. The summed E-state index contributed by atoms with van der Waals surface area (Å²) in [6.07, 6.45) is -5.14. The fourth-order valence-electron chi connectivity index (χ4n) is 2.56. The van der Waals surface area contributed by atoms with Crippen LogP contribution in [0.1, 0.15) is 38.1 Å². The second-order valence-electron chi connectivity index (χ2n) is 6.39. The summed E-state index contributed by atoms with van der Waals surface area (Å²) in [5.41, 5.74) is -0.393. The van der Waals surface area contributed by atoms with Crippen LogP contribution in [0.15, 0.2) is 24.3 Å². The van der Waals surface area contributed by atoms with Crippen molar-refractivity contribution in [1.82, 2.24) is 0 Å². The first-order chi connectivity index (χ1) is 14.9. The fraction of sp³-hybridized carbons (Fsp3) is 0.400. The van der Waals surface area contributed by atoms with Crippen LogP contribution in [0.25, 0.3) is 0 Å². The Kier molecular flexibility index (Phi) is 9.80. The molecule has 3 unspecified atom stereocenters. The van der Waals surface area contributed by atoms with E-state index in [0.717, 1.165) is 27.7 Å². The van der Waals surface area contributed by atoms with Gasteiger partial charge in [-0.1, -0.05) is 12.1 Å². The van der Waals surface area contributed by atoms with Gasteiger partial charge in [0.1, 0.15) is 6.61 Å². The molecule has 0 saturated carbocycles. The molecule has 0 fully saturated rings. The van der Waals surface area contributed by atoms with Gasteiger partial charge < -0.3 is 29.4 Å². The third-order valence-corrected chi connectivity index (χ3v) is 3.70. The number of rotatable bonds is 10. The lowest BCUT2D eigenvalue weighted by molar-refractivity contribution is -0.190. The Labute approximate surface area is 182 Å². The number of benzene rings is 1. The van der Waals surface area contributed by atoms with Crippen LogP contribution in [-0.2, 0) is 42.9 Å². The van der Waals surface area contributed by atoms with Crippen LogP contribution >= 0.6 is 0 Å². The summed E-state index contributed by atoms with van der Waals surface area (Å²) < 4.78 is 19.9. The molecule has 0 spiro atoms. The van der Waals surface area contributed by atoms with Crippen LogP contribution in [0.2, 0.25) is 0 Å². The van der Waals surface area contributed by atoms with Crippen molar-refractivity contribution in [3.8, 4) is 0 Å². The van der Waals surface area contributed by atoms with Gasteiger partial charge in [-0.25, -0.2) is 4.79 Å². The minimum Gasteiger partial charge on any atom is -0.478 e. The van der Waals surface area contributed by atoms with Gasteiger partial charge in [-0.2, -0.15) is 0 Å². The average molecular weight is 453 g/mol. The molecule has 12 nitrogen and oxygen atoms in total. The van der Waals surface area contributed by atoms with E-state index in [-0.39, 0.29) is 11.3 Å². The number of esters is 4. The highest BCUT2D eigenvalue weighted by Gasteiger charge is 2.42. The zero-order valence-electron chi connectivity index (χ0n) is 17.8. The van der Waals surface area contributed by atoms with E-state index in [2.05, 4.69) is 5.32 Å². The fourth-order valence-corrected chi connectivity index (χ4v) is 2.56. The monoisotopic (exact) mass is 453 g/mol. The van der Waals surface area contributed by atoms with Gasteiger partial charge in [-0.05, 0) is 12.1 Å². The molecule has 2 N–H and O–H groups in total. The molecule has 3 atom stereocenters. The summed E-state index contributed by atoms with van der Waals surface area (Å²) in [4.78, 5) is 70.4. The molecule has 174 valence electrons. The molecule has 0 radical (unpaired) electrons. The Bertz CT molecular complexity index is 895. The zero-order chi connectivity index (χ0) is 24.4. The smallest absolute Gasteiger partial charge is 0.337 e. The topological polar surface area (TPSA) is 172 Å². The molecule has 0 aliphatic carbocycles. The van der Waals surface area contributed by atoms with Crippen LogP contribution in [0.3, 0.4) is 0 Å². The number of para-hydroxylation sites is 1. The second-order valence-corrected chi connectivity index (χ2v) is 6.39. The van der Waals surface area contributed by atoms with Crippen molar-refractivity contribution >= 4 is 41.4 Å². The Morgan fingerprint density at radius 2 is 1.41 bits per heavy atom. The highest BCUT2D eigenvalue weighted by molar-refractivity contribution is 6.02. The van der Waals surface area contributed by atoms with Crippen molar-refractivity contribution in [3.63, 3.8) is 0 Å². The van der Waals surface area contributed by atoms with Gasteiger partial charge in [0, 0.05) is 27.7 Å². The molecule has 1 rings (SSSR count). The number of nitrogens with one attached hydrogen (secondary N) is 1. The molecule has 1 amide bonds. The van der Waals surface area contributed by atoms with Gasteiger partial charge in [0.25, 0.3) is 5.91 Å². The number of aromatic carboxylic acids is 1. The van der Waals surface area contributed by atoms with E-state index in [1.165, 1.54) is 24.3 Å². The zero-order valence-corrected chi connectivity index (χ0v) is 17.8. The molecule has 0 aliphatic rings. The van der Waals surface area contributed by atoms with Crippen molar-refractivity contribution in [1.29, 1.82) is 0 Å². The molecule has 0 bridgehead atoms. The molecule has 1 aromatic rings. The summed E-state index contributed by atoms with van der Waals surface area (Å²) in [5.74, 6) is -5.92. The summed E-state index contributed by atoms with van der Waals surface area (Å²) in [6, 6.07) is 5.40. The highest BCUT2D eigenvalue weighted by atomic mass is 16.6. The minimum atomic E-state index is -1.89. The van der Waals surface area contributed by atoms with Crippen molar-refractivity contribution in [2.45, 2.75) is 46.0 Å². The number of hydrogen-bond acceptors (Lipinski definition) is 10. The number of carboxylic acids is 1. The van der Waals surface area contributed by atoms with E-state index in [4.69, 9.17) is 18.9 Å². The lowest BCUT2D eigenvalue weighted by Gasteiger charge is -2.31. The van der Waals surface area contributed by atoms with E-state index in [9.17, 15) is 33.9 Å². The van der Waals surface area contributed by atoms with Gasteiger partial charge in [0.05, 0.1) is 11.3 Å². The number of carboxylic acid groups (broad SMARTS) is 1. The standard InChI is InChI=1S/C20H23NO11/c1-10(22)29-9-16(30-11(2)23)17(31-12(3)24)18(32-13(4)25)19(26)21-15-8-6-5-7-14(15)20(27)28/h5-8,16-18H,9H2,1-4H3,(H,21,26)(H,27,28). The summed E-state index contributed by atoms with van der Waals surface area (Å²) >= 11 is 0. The maximum atomic E-state index is 13.0. The Morgan fingerprint density at radius 1 is 0.844 bits per heavy atom. The van der Waals surface area contributed by atoms with Crippen LogP contribution in [-0.4, -0.2) is 65.8 Å². The number of carbonyl (C=O) groups excluding carboxylic acids is 5. The van der Waals surface area contributed by atoms with Crippen LogP contribution in [0, 0.1) is 0 Å². The van der Waals surface area contributed by atoms with E-state index in [1.54, 1.807) is 0 Å². The number of carbonyl (C=O) groups is 6. The number of amides is 1. The van der Waals surface area contributed by atoms with Gasteiger partial charge >= 0.3 is 29.8 Å². The maximum Gasteiger partial charge on any atom is 0.337 e. The minimum absolute atomic E-state index is 0.132. The predicted octanol–water partition coefficient (Wildman–Crippen LogP) is 0.682. The summed E-state index contributed by atoms with van der Waals surface area (Å²) in [6.45, 7) is 3.44. The van der Waals surface area contributed by atoms with E-state index >= 15 is 0 Å². The number of hydrogen-bond donors (Lipinski definition) is 2. The van der Waals surface area contributed by atoms with E-state index < -0.39 is 60.7 Å². The van der Waals surface area contributed by atoms with Crippen molar-refractivity contribution in [2.24, 2.45) is 0 Å². The molecular weight excluding hydrogens is 430 g/mol. The van der Waals surface area contributed by atoms with E-state index in [1.807, 2.05) is 0 Å². The molecule has 0 aromatic heterocycles. The second kappa shape index (κ2) is 12.0. The normalized spacial score (nSPS) is 13.0. The molecule has 0 aliphatic heterocycles. The third-order valence-electron chi connectivity index (χ3n) is 3.70. The summed E-state index contributed by atoms with van der Waals surface area (Å²) in [7, 11) is 0. The van der Waals surface area contributed by atoms with Gasteiger partial charge in [-0.15, -0.1) is 0 Å². The first-order valence-corrected chi connectivity index (χ1v) is 9.20. The molecule has 0 heterocycles. The lowest BCUT2D eigenvalue weighted by Crippen LogP contribution is -2.52. The highest BCUT2D eigenvalue weighted by Crippen LogP contribution is 2.20. The quantitative estimate of drug-likeness (QED) is 0.377. The molecule has 1 aromatic carbocycles. The SMILES string of the molecule is CC(=O)OCC(OC(C)=O)C(OC(C)=O)C(OC(C)=O)C(=O)Nc1ccccc1C(=O)O. The first kappa shape index (κ1) is 26.1. The molecular formula is C20H23NO11. The largest absolute Gasteiger partial charge is 0.478 e. The molecule has 0 saturated heterocycles. The average Bonchev–Trinajstić information content (AvgIpc) is 2.67. The van der Waals surface area contributed by atoms with Crippen LogP contribution < -0.4 is 5.32 Å². The molecule has 32 heavy (non-hydrogen) atoms. The van der Waals surface area contributed by atoms with E-state index in [0.29, 0.717) is 0 Å². The van der Waals surface area contributed by atoms with Crippen LogP contribution in [0.5, 0.6) is 0 Å². The van der Waals surface area contributed by atoms with Gasteiger partial charge in [-0.3, -0.25) is 24.0 Å². The van der Waals surface area contributed by atoms with Crippen molar-refractivity contribution in [2.75, 3.05) is 11.9 Å². The van der Waals surface area contributed by atoms with Crippen molar-refractivity contribution in [3.05, 3.63) is 29.8 Å². The van der Waals surface area contributed by atoms with Gasteiger partial charge in [0.15, 0.2) is 12.2 Å². The van der Waals surface area contributed by atoms with Crippen LogP contribution in [0.4, 0.5) is 5.69 Å². The predicted molar refractivity (Wildman–Crippen MR) is 105 cm³/mol. The Balaban J connectivity index is 3.38. The maximum absolute atomic E-state index is 13.0.